The van der Waals surface area contributed by atoms with Gasteiger partial charge in [-0.2, -0.15) is 5.10 Å². The smallest absolute Gasteiger partial charge is 0.359 e. The number of fused-ring (bicyclic) bond motifs is 2. The zero-order valence-electron chi connectivity index (χ0n) is 20.7. The van der Waals surface area contributed by atoms with Crippen molar-refractivity contribution in [1.29, 1.82) is 0 Å². The van der Waals surface area contributed by atoms with Crippen molar-refractivity contribution in [2.24, 2.45) is 0 Å². The Bertz CT molecular complexity index is 1390. The molecular formula is C28H28N4O5. The van der Waals surface area contributed by atoms with Crippen molar-refractivity contribution < 1.29 is 23.9 Å². The summed E-state index contributed by atoms with van der Waals surface area (Å²) >= 11 is 0. The minimum atomic E-state index is -0.529. The first-order valence-corrected chi connectivity index (χ1v) is 12.8. The fraction of sp³-hybridized carbons (Fsp3) is 0.357. The van der Waals surface area contributed by atoms with E-state index in [1.54, 1.807) is 16.5 Å². The molecule has 9 heteroatoms. The molecule has 0 saturated carbocycles. The largest absolute Gasteiger partial charge is 0.493 e. The van der Waals surface area contributed by atoms with Crippen LogP contribution in [0.1, 0.15) is 58.3 Å². The second-order valence-corrected chi connectivity index (χ2v) is 9.42. The third-order valence-corrected chi connectivity index (χ3v) is 7.20. The number of carbonyl (C=O) groups excluding carboxylic acids is 3. The summed E-state index contributed by atoms with van der Waals surface area (Å²) in [5.41, 5.74) is 4.47. The van der Waals surface area contributed by atoms with Gasteiger partial charge in [0.1, 0.15) is 11.4 Å². The van der Waals surface area contributed by atoms with Gasteiger partial charge in [-0.05, 0) is 74.2 Å². The van der Waals surface area contributed by atoms with Crippen LogP contribution in [0.3, 0.4) is 0 Å². The molecule has 3 aliphatic heterocycles. The van der Waals surface area contributed by atoms with Gasteiger partial charge in [0.05, 0.1) is 18.9 Å². The molecule has 0 radical (unpaired) electrons. The Morgan fingerprint density at radius 1 is 0.946 bits per heavy atom. The number of nitrogens with zero attached hydrogens (tertiary/aromatic N) is 4. The van der Waals surface area contributed by atoms with Gasteiger partial charge in [0.2, 0.25) is 5.91 Å². The monoisotopic (exact) mass is 500 g/mol. The van der Waals surface area contributed by atoms with Crippen LogP contribution in [0.15, 0.2) is 42.5 Å². The molecule has 4 heterocycles. The van der Waals surface area contributed by atoms with E-state index in [1.807, 2.05) is 47.4 Å². The lowest BCUT2D eigenvalue weighted by molar-refractivity contribution is -0.119. The second kappa shape index (κ2) is 9.38. The zero-order chi connectivity index (χ0) is 25.5. The number of rotatable bonds is 5. The van der Waals surface area contributed by atoms with Crippen LogP contribution in [0.4, 0.5) is 11.4 Å². The van der Waals surface area contributed by atoms with Crippen LogP contribution in [0, 0.1) is 0 Å². The summed E-state index contributed by atoms with van der Waals surface area (Å²) in [7, 11) is 0. The molecule has 3 aromatic rings. The highest BCUT2D eigenvalue weighted by atomic mass is 16.5. The van der Waals surface area contributed by atoms with Crippen molar-refractivity contribution in [2.45, 2.75) is 39.0 Å². The van der Waals surface area contributed by atoms with Crippen LogP contribution in [0.5, 0.6) is 5.75 Å². The van der Waals surface area contributed by atoms with Gasteiger partial charge < -0.3 is 19.3 Å². The predicted molar refractivity (Wildman–Crippen MR) is 137 cm³/mol. The lowest BCUT2D eigenvalue weighted by Gasteiger charge is -2.29. The first-order chi connectivity index (χ1) is 18.0. The molecule has 37 heavy (non-hydrogen) atoms. The number of amides is 2. The highest BCUT2D eigenvalue weighted by Crippen LogP contribution is 2.33. The van der Waals surface area contributed by atoms with Crippen molar-refractivity contribution in [1.82, 2.24) is 9.78 Å². The zero-order valence-corrected chi connectivity index (χ0v) is 20.7. The van der Waals surface area contributed by atoms with E-state index in [0.29, 0.717) is 49.5 Å². The molecule has 190 valence electrons. The molecular weight excluding hydrogens is 472 g/mol. The van der Waals surface area contributed by atoms with Crippen LogP contribution >= 0.6 is 0 Å². The van der Waals surface area contributed by atoms with Gasteiger partial charge in [-0.15, -0.1) is 0 Å². The first kappa shape index (κ1) is 23.3. The third kappa shape index (κ3) is 4.04. The van der Waals surface area contributed by atoms with Crippen LogP contribution in [0.25, 0.3) is 5.69 Å². The van der Waals surface area contributed by atoms with Crippen molar-refractivity contribution in [3.63, 3.8) is 0 Å². The van der Waals surface area contributed by atoms with Crippen LogP contribution in [0.2, 0.25) is 0 Å². The Labute approximate surface area is 214 Å². The molecule has 0 spiro atoms. The summed E-state index contributed by atoms with van der Waals surface area (Å²) in [6.07, 6.45) is 3.73. The number of piperidine rings is 1. The number of ether oxygens (including phenoxy) is 2. The lowest BCUT2D eigenvalue weighted by Crippen LogP contribution is -2.39. The Kier molecular flexibility index (Phi) is 5.90. The highest BCUT2D eigenvalue weighted by molar-refractivity contribution is 6.09. The molecule has 1 saturated heterocycles. The van der Waals surface area contributed by atoms with Gasteiger partial charge in [-0.3, -0.25) is 9.59 Å². The number of hydrogen-bond donors (Lipinski definition) is 0. The summed E-state index contributed by atoms with van der Waals surface area (Å²) in [6.45, 7) is 3.71. The highest BCUT2D eigenvalue weighted by Gasteiger charge is 2.36. The van der Waals surface area contributed by atoms with E-state index in [0.717, 1.165) is 42.0 Å². The van der Waals surface area contributed by atoms with E-state index in [1.165, 1.54) is 0 Å². The van der Waals surface area contributed by atoms with Gasteiger partial charge in [0, 0.05) is 42.9 Å². The predicted octanol–water partition coefficient (Wildman–Crippen LogP) is 3.70. The van der Waals surface area contributed by atoms with Gasteiger partial charge in [-0.1, -0.05) is 0 Å². The van der Waals surface area contributed by atoms with Gasteiger partial charge in [0.15, 0.2) is 5.69 Å². The molecule has 0 unspecified atom stereocenters. The maximum Gasteiger partial charge on any atom is 0.359 e. The number of aromatic nitrogens is 2. The Balaban J connectivity index is 1.36. The summed E-state index contributed by atoms with van der Waals surface area (Å²) in [6, 6.07) is 13.2. The van der Waals surface area contributed by atoms with Crippen LogP contribution < -0.4 is 14.5 Å². The van der Waals surface area contributed by atoms with Gasteiger partial charge >= 0.3 is 5.97 Å². The first-order valence-electron chi connectivity index (χ1n) is 12.8. The number of esters is 1. The van der Waals surface area contributed by atoms with E-state index in [4.69, 9.17) is 9.47 Å². The number of carbonyl (C=O) groups is 3. The summed E-state index contributed by atoms with van der Waals surface area (Å²) in [4.78, 5) is 42.5. The minimum Gasteiger partial charge on any atom is -0.493 e. The molecule has 0 bridgehead atoms. The molecule has 9 nitrogen and oxygen atoms in total. The number of benzene rings is 2. The third-order valence-electron chi connectivity index (χ3n) is 7.20. The normalized spacial score (nSPS) is 16.9. The lowest BCUT2D eigenvalue weighted by atomic mass is 10.0. The molecule has 0 aliphatic carbocycles. The molecule has 0 atom stereocenters. The van der Waals surface area contributed by atoms with Crippen molar-refractivity contribution in [3.05, 3.63) is 65.0 Å². The van der Waals surface area contributed by atoms with E-state index < -0.39 is 5.97 Å². The van der Waals surface area contributed by atoms with Crippen molar-refractivity contribution >= 4 is 29.2 Å². The van der Waals surface area contributed by atoms with Crippen molar-refractivity contribution in [3.8, 4) is 11.4 Å². The molecule has 1 aromatic heterocycles. The van der Waals surface area contributed by atoms with E-state index in [2.05, 4.69) is 5.10 Å². The van der Waals surface area contributed by atoms with E-state index in [9.17, 15) is 14.4 Å². The van der Waals surface area contributed by atoms with Crippen LogP contribution in [-0.4, -0.2) is 53.9 Å². The van der Waals surface area contributed by atoms with E-state index >= 15 is 0 Å². The molecule has 6 rings (SSSR count). The molecule has 1 fully saturated rings. The number of hydrogen-bond acceptors (Lipinski definition) is 6. The molecule has 2 aromatic carbocycles. The maximum atomic E-state index is 13.9. The Morgan fingerprint density at radius 3 is 2.46 bits per heavy atom. The van der Waals surface area contributed by atoms with Crippen LogP contribution in [-0.2, 0) is 22.4 Å². The fourth-order valence-electron chi connectivity index (χ4n) is 5.35. The summed E-state index contributed by atoms with van der Waals surface area (Å²) < 4.78 is 12.4. The molecule has 3 aliphatic rings. The topological polar surface area (TPSA) is 94.0 Å². The van der Waals surface area contributed by atoms with E-state index in [-0.39, 0.29) is 24.1 Å². The average Bonchev–Trinajstić information content (AvgIpc) is 3.54. The minimum absolute atomic E-state index is 0.132. The standard InChI is InChI=1S/C28H28N4O5/c1-2-36-28(35)25-22-12-15-31(20-8-6-19(7-9-20)30-14-4-3-5-24(30)33)27(34)26(22)32(29-25)21-10-11-23-18(17-21)13-16-37-23/h6-11,17H,2-5,12-16H2,1H3. The van der Waals surface area contributed by atoms with Gasteiger partial charge in [0.25, 0.3) is 5.91 Å². The summed E-state index contributed by atoms with van der Waals surface area (Å²) in [5, 5.41) is 4.58. The fourth-order valence-corrected chi connectivity index (χ4v) is 5.35. The average molecular weight is 501 g/mol. The molecule has 0 N–H and O–H groups in total. The number of anilines is 2. The SMILES string of the molecule is CCOC(=O)c1nn(-c2ccc3c(c2)CCO3)c2c1CCN(c1ccc(N3CCCCC3=O)cc1)C2=O. The Hall–Kier alpha value is -4.14. The van der Waals surface area contributed by atoms with Crippen molar-refractivity contribution in [2.75, 3.05) is 36.1 Å². The Morgan fingerprint density at radius 2 is 1.70 bits per heavy atom. The second-order valence-electron chi connectivity index (χ2n) is 9.42. The maximum absolute atomic E-state index is 13.9. The summed E-state index contributed by atoms with van der Waals surface area (Å²) in [5.74, 6) is 0.199. The molecule has 2 amide bonds. The van der Waals surface area contributed by atoms with Gasteiger partial charge in [-0.25, -0.2) is 9.48 Å². The quantitative estimate of drug-likeness (QED) is 0.496.